The van der Waals surface area contributed by atoms with Gasteiger partial charge in [0.15, 0.2) is 0 Å². The van der Waals surface area contributed by atoms with Gasteiger partial charge in [0.2, 0.25) is 5.95 Å². The van der Waals surface area contributed by atoms with E-state index in [-0.39, 0.29) is 0 Å². The minimum Gasteiger partial charge on any atom is -0.389 e. The zero-order valence-electron chi connectivity index (χ0n) is 13.6. The first-order valence-corrected chi connectivity index (χ1v) is 8.26. The van der Waals surface area contributed by atoms with Crippen molar-refractivity contribution in [2.75, 3.05) is 18.0 Å². The molecule has 2 aromatic rings. The number of hydrogen-bond acceptors (Lipinski definition) is 5. The summed E-state index contributed by atoms with van der Waals surface area (Å²) in [5.74, 6) is 0.847. The molecule has 1 aromatic carbocycles. The highest BCUT2D eigenvalue weighted by molar-refractivity contribution is 5.31. The van der Waals surface area contributed by atoms with Gasteiger partial charge in [-0.3, -0.25) is 0 Å². The first-order valence-electron chi connectivity index (χ1n) is 8.26. The molecule has 1 unspecified atom stereocenters. The smallest absolute Gasteiger partial charge is 0.225 e. The molecular weight excluding hydrogens is 288 g/mol. The Morgan fingerprint density at radius 3 is 2.26 bits per heavy atom. The molecule has 1 fully saturated rings. The fraction of sp³-hybridized carbons (Fsp3) is 0.444. The molecular formula is C18H24N4O. The fourth-order valence-electron chi connectivity index (χ4n) is 2.78. The van der Waals surface area contributed by atoms with Crippen LogP contribution < -0.4 is 10.2 Å². The van der Waals surface area contributed by atoms with Gasteiger partial charge in [-0.1, -0.05) is 24.3 Å². The number of anilines is 1. The van der Waals surface area contributed by atoms with Crippen molar-refractivity contribution in [3.8, 4) is 0 Å². The van der Waals surface area contributed by atoms with Crippen molar-refractivity contribution in [2.45, 2.75) is 39.0 Å². The maximum atomic E-state index is 9.51. The molecule has 23 heavy (non-hydrogen) atoms. The van der Waals surface area contributed by atoms with Gasteiger partial charge in [-0.25, -0.2) is 9.97 Å². The topological polar surface area (TPSA) is 61.3 Å². The van der Waals surface area contributed by atoms with Crippen molar-refractivity contribution in [2.24, 2.45) is 0 Å². The number of nitrogens with one attached hydrogen (secondary N) is 1. The Balaban J connectivity index is 1.48. The molecule has 0 radical (unpaired) electrons. The molecule has 1 saturated heterocycles. The summed E-state index contributed by atoms with van der Waals surface area (Å²) in [5, 5.41) is 12.9. The van der Waals surface area contributed by atoms with Gasteiger partial charge in [-0.15, -0.1) is 0 Å². The van der Waals surface area contributed by atoms with Gasteiger partial charge in [0.25, 0.3) is 0 Å². The van der Waals surface area contributed by atoms with Crippen LogP contribution in [-0.4, -0.2) is 28.2 Å². The molecule has 122 valence electrons. The molecule has 0 spiro atoms. The summed E-state index contributed by atoms with van der Waals surface area (Å²) in [6.45, 7) is 5.45. The van der Waals surface area contributed by atoms with Crippen molar-refractivity contribution < 1.29 is 5.11 Å². The lowest BCUT2D eigenvalue weighted by atomic mass is 10.1. The Morgan fingerprint density at radius 2 is 1.65 bits per heavy atom. The number of aliphatic hydroxyl groups is 1. The summed E-state index contributed by atoms with van der Waals surface area (Å²) in [6, 6.07) is 8.02. The molecule has 0 bridgehead atoms. The number of hydrogen-bond donors (Lipinski definition) is 2. The average Bonchev–Trinajstić information content (AvgIpc) is 3.10. The summed E-state index contributed by atoms with van der Waals surface area (Å²) >= 11 is 0. The standard InChI is InChI=1S/C18H24N4O/c1-14(23)17-6-4-15(5-7-17)10-19-11-16-12-20-18(21-13-16)22-8-2-3-9-22/h4-7,12-14,19,23H,2-3,8-11H2,1H3. The molecule has 1 atom stereocenters. The highest BCUT2D eigenvalue weighted by Gasteiger charge is 2.14. The summed E-state index contributed by atoms with van der Waals surface area (Å²) in [7, 11) is 0. The van der Waals surface area contributed by atoms with Gasteiger partial charge in [-0.05, 0) is 30.9 Å². The molecule has 2 heterocycles. The summed E-state index contributed by atoms with van der Waals surface area (Å²) in [6.07, 6.45) is 5.87. The molecule has 1 aliphatic rings. The van der Waals surface area contributed by atoms with E-state index < -0.39 is 6.10 Å². The number of aromatic nitrogens is 2. The predicted molar refractivity (Wildman–Crippen MR) is 91.1 cm³/mol. The van der Waals surface area contributed by atoms with Crippen LogP contribution in [0.2, 0.25) is 0 Å². The van der Waals surface area contributed by atoms with Crippen LogP contribution in [0.15, 0.2) is 36.7 Å². The Labute approximate surface area is 137 Å². The highest BCUT2D eigenvalue weighted by atomic mass is 16.3. The van der Waals surface area contributed by atoms with E-state index in [2.05, 4.69) is 20.2 Å². The largest absolute Gasteiger partial charge is 0.389 e. The lowest BCUT2D eigenvalue weighted by Crippen LogP contribution is -2.20. The second kappa shape index (κ2) is 7.53. The second-order valence-corrected chi connectivity index (χ2v) is 6.11. The Hall–Kier alpha value is -1.98. The zero-order valence-corrected chi connectivity index (χ0v) is 13.6. The van der Waals surface area contributed by atoms with E-state index in [4.69, 9.17) is 0 Å². The number of nitrogens with zero attached hydrogens (tertiary/aromatic N) is 3. The van der Waals surface area contributed by atoms with Gasteiger partial charge in [-0.2, -0.15) is 0 Å². The van der Waals surface area contributed by atoms with E-state index in [9.17, 15) is 5.11 Å². The van der Waals surface area contributed by atoms with Gasteiger partial charge in [0.05, 0.1) is 6.10 Å². The quantitative estimate of drug-likeness (QED) is 0.858. The van der Waals surface area contributed by atoms with Gasteiger partial charge in [0.1, 0.15) is 0 Å². The summed E-state index contributed by atoms with van der Waals surface area (Å²) < 4.78 is 0. The third kappa shape index (κ3) is 4.27. The molecule has 0 amide bonds. The summed E-state index contributed by atoms with van der Waals surface area (Å²) in [4.78, 5) is 11.2. The van der Waals surface area contributed by atoms with Crippen LogP contribution in [0, 0.1) is 0 Å². The third-order valence-corrected chi connectivity index (χ3v) is 4.20. The van der Waals surface area contributed by atoms with Gasteiger partial charge in [0, 0.05) is 44.1 Å². The fourth-order valence-corrected chi connectivity index (χ4v) is 2.78. The molecule has 3 rings (SSSR count). The van der Waals surface area contributed by atoms with Gasteiger partial charge >= 0.3 is 0 Å². The molecule has 5 nitrogen and oxygen atoms in total. The van der Waals surface area contributed by atoms with E-state index in [1.165, 1.54) is 18.4 Å². The lowest BCUT2D eigenvalue weighted by Gasteiger charge is -2.14. The van der Waals surface area contributed by atoms with Crippen LogP contribution in [0.1, 0.15) is 42.6 Å². The normalized spacial score (nSPS) is 15.8. The van der Waals surface area contributed by atoms with Crippen LogP contribution in [0.4, 0.5) is 5.95 Å². The van der Waals surface area contributed by atoms with Gasteiger partial charge < -0.3 is 15.3 Å². The number of aliphatic hydroxyl groups excluding tert-OH is 1. The summed E-state index contributed by atoms with van der Waals surface area (Å²) in [5.41, 5.74) is 3.23. The average molecular weight is 312 g/mol. The van der Waals surface area contributed by atoms with Crippen molar-refractivity contribution in [1.82, 2.24) is 15.3 Å². The van der Waals surface area contributed by atoms with Crippen molar-refractivity contribution in [3.05, 3.63) is 53.3 Å². The Bertz CT molecular complexity index is 604. The van der Waals surface area contributed by atoms with Crippen molar-refractivity contribution in [1.29, 1.82) is 0 Å². The Kier molecular flexibility index (Phi) is 5.20. The second-order valence-electron chi connectivity index (χ2n) is 6.11. The predicted octanol–water partition coefficient (Wildman–Crippen LogP) is 2.42. The first-order chi connectivity index (χ1) is 11.2. The molecule has 5 heteroatoms. The highest BCUT2D eigenvalue weighted by Crippen LogP contribution is 2.15. The van der Waals surface area contributed by atoms with E-state index in [0.717, 1.165) is 43.3 Å². The van der Waals surface area contributed by atoms with Crippen LogP contribution in [0.25, 0.3) is 0 Å². The van der Waals surface area contributed by atoms with E-state index in [1.807, 2.05) is 36.7 Å². The molecule has 0 saturated carbocycles. The molecule has 1 aromatic heterocycles. The third-order valence-electron chi connectivity index (χ3n) is 4.20. The maximum Gasteiger partial charge on any atom is 0.225 e. The van der Waals surface area contributed by atoms with Crippen LogP contribution in [0.5, 0.6) is 0 Å². The van der Waals surface area contributed by atoms with Crippen molar-refractivity contribution >= 4 is 5.95 Å². The lowest BCUT2D eigenvalue weighted by molar-refractivity contribution is 0.199. The van der Waals surface area contributed by atoms with E-state index in [0.29, 0.717) is 0 Å². The Morgan fingerprint density at radius 1 is 1.04 bits per heavy atom. The SMILES string of the molecule is CC(O)c1ccc(CNCc2cnc(N3CCCC3)nc2)cc1. The zero-order chi connectivity index (χ0) is 16.1. The minimum absolute atomic E-state index is 0.414. The number of rotatable bonds is 6. The number of benzene rings is 1. The van der Waals surface area contributed by atoms with Crippen molar-refractivity contribution in [3.63, 3.8) is 0 Å². The van der Waals surface area contributed by atoms with Crippen LogP contribution >= 0.6 is 0 Å². The van der Waals surface area contributed by atoms with E-state index in [1.54, 1.807) is 6.92 Å². The maximum absolute atomic E-state index is 9.51. The molecule has 1 aliphatic heterocycles. The molecule has 2 N–H and O–H groups in total. The van der Waals surface area contributed by atoms with Crippen LogP contribution in [0.3, 0.4) is 0 Å². The van der Waals surface area contributed by atoms with E-state index >= 15 is 0 Å². The monoisotopic (exact) mass is 312 g/mol. The first kappa shape index (κ1) is 15.9. The minimum atomic E-state index is -0.414. The van der Waals surface area contributed by atoms with Crippen LogP contribution in [-0.2, 0) is 13.1 Å². The molecule has 0 aliphatic carbocycles.